The van der Waals surface area contributed by atoms with E-state index in [1.165, 1.54) is 18.5 Å². The lowest BCUT2D eigenvalue weighted by atomic mass is 9.81. The van der Waals surface area contributed by atoms with E-state index in [1.54, 1.807) is 11.1 Å². The maximum atomic E-state index is 14.8. The molecule has 0 bridgehead atoms. The van der Waals surface area contributed by atoms with Gasteiger partial charge in [-0.2, -0.15) is 5.10 Å². The van der Waals surface area contributed by atoms with Crippen LogP contribution in [0.2, 0.25) is 0 Å². The van der Waals surface area contributed by atoms with Crippen molar-refractivity contribution in [2.75, 3.05) is 13.1 Å². The molecule has 7 nitrogen and oxygen atoms in total. The molecule has 0 radical (unpaired) electrons. The maximum absolute atomic E-state index is 14.8. The first-order valence-electron chi connectivity index (χ1n) is 12.7. The molecule has 0 aliphatic rings. The van der Waals surface area contributed by atoms with Crippen molar-refractivity contribution >= 4 is 11.9 Å². The van der Waals surface area contributed by atoms with Gasteiger partial charge in [0.1, 0.15) is 17.3 Å². The van der Waals surface area contributed by atoms with Crippen LogP contribution in [-0.4, -0.2) is 45.8 Å². The first kappa shape index (κ1) is 29.0. The third-order valence-corrected chi connectivity index (χ3v) is 6.18. The van der Waals surface area contributed by atoms with Crippen molar-refractivity contribution in [2.45, 2.75) is 59.6 Å². The lowest BCUT2D eigenvalue weighted by Crippen LogP contribution is -2.47. The van der Waals surface area contributed by atoms with E-state index >= 15 is 0 Å². The Morgan fingerprint density at radius 1 is 1.13 bits per heavy atom. The minimum Gasteiger partial charge on any atom is -0.453 e. The van der Waals surface area contributed by atoms with Crippen LogP contribution in [0.3, 0.4) is 0 Å². The molecule has 0 saturated carbocycles. The van der Waals surface area contributed by atoms with E-state index in [9.17, 15) is 18.4 Å². The smallest absolute Gasteiger partial charge is 0.303 e. The monoisotopic (exact) mass is 526 g/mol. The van der Waals surface area contributed by atoms with Crippen molar-refractivity contribution < 1.29 is 23.1 Å². The van der Waals surface area contributed by atoms with Crippen LogP contribution in [0.4, 0.5) is 8.78 Å². The zero-order valence-corrected chi connectivity index (χ0v) is 22.6. The first-order chi connectivity index (χ1) is 17.9. The molecule has 204 valence electrons. The highest BCUT2D eigenvalue weighted by Crippen LogP contribution is 2.40. The lowest BCUT2D eigenvalue weighted by molar-refractivity contribution is -0.160. The van der Waals surface area contributed by atoms with Crippen molar-refractivity contribution in [3.63, 3.8) is 0 Å². The standard InChI is InChI=1S/C29H36F2N4O3/c1-19(38-20(2)36)28(37)34(15-9-14-32)27(29(3,4)5)26-22(16-21-10-7-6-8-11-21)18-35(33-26)25-17-23(30)12-13-24(25)31/h6-8,10-13,17-19,27H,9,14-16,32H2,1-5H3/t19-,27-/m0/s1. The molecule has 1 amide bonds. The summed E-state index contributed by atoms with van der Waals surface area (Å²) >= 11 is 0. The summed E-state index contributed by atoms with van der Waals surface area (Å²) in [5.41, 5.74) is 7.53. The van der Waals surface area contributed by atoms with E-state index in [0.29, 0.717) is 31.6 Å². The number of amides is 1. The predicted octanol–water partition coefficient (Wildman–Crippen LogP) is 4.96. The number of hydrogen-bond donors (Lipinski definition) is 1. The van der Waals surface area contributed by atoms with Crippen molar-refractivity contribution in [1.29, 1.82) is 0 Å². The van der Waals surface area contributed by atoms with E-state index in [1.807, 2.05) is 51.1 Å². The summed E-state index contributed by atoms with van der Waals surface area (Å²) in [6.45, 7) is 9.37. The number of hydrogen-bond acceptors (Lipinski definition) is 5. The predicted molar refractivity (Wildman–Crippen MR) is 142 cm³/mol. The summed E-state index contributed by atoms with van der Waals surface area (Å²) in [4.78, 5) is 26.9. The van der Waals surface area contributed by atoms with Gasteiger partial charge in [0.25, 0.3) is 5.91 Å². The number of nitrogens with zero attached hydrogens (tertiary/aromatic N) is 3. The summed E-state index contributed by atoms with van der Waals surface area (Å²) in [5.74, 6) is -2.16. The summed E-state index contributed by atoms with van der Waals surface area (Å²) < 4.78 is 35.4. The molecule has 0 unspecified atom stereocenters. The van der Waals surface area contributed by atoms with Gasteiger partial charge in [0.15, 0.2) is 6.10 Å². The van der Waals surface area contributed by atoms with Gasteiger partial charge in [-0.15, -0.1) is 0 Å². The Morgan fingerprint density at radius 3 is 2.42 bits per heavy atom. The van der Waals surface area contributed by atoms with Gasteiger partial charge in [-0.3, -0.25) is 9.59 Å². The number of benzene rings is 2. The van der Waals surface area contributed by atoms with Gasteiger partial charge in [-0.25, -0.2) is 13.5 Å². The van der Waals surface area contributed by atoms with Crippen molar-refractivity contribution in [3.05, 3.63) is 83.2 Å². The number of rotatable bonds is 10. The molecule has 0 spiro atoms. The zero-order chi connectivity index (χ0) is 28.0. The molecule has 1 aromatic heterocycles. The van der Waals surface area contributed by atoms with Gasteiger partial charge >= 0.3 is 5.97 Å². The molecule has 0 saturated heterocycles. The van der Waals surface area contributed by atoms with Gasteiger partial charge in [-0.05, 0) is 43.0 Å². The fourth-order valence-electron chi connectivity index (χ4n) is 4.58. The third kappa shape index (κ3) is 7.04. The number of ether oxygens (including phenoxy) is 1. The van der Waals surface area contributed by atoms with Crippen LogP contribution >= 0.6 is 0 Å². The molecule has 2 atom stereocenters. The Bertz CT molecular complexity index is 1250. The first-order valence-corrected chi connectivity index (χ1v) is 12.7. The SMILES string of the molecule is CC(=O)O[C@@H](C)C(=O)N(CCCN)[C@@H](c1nn(-c2cc(F)ccc2F)cc1Cc1ccccc1)C(C)(C)C. The molecule has 2 aromatic carbocycles. The van der Waals surface area contributed by atoms with Crippen LogP contribution in [0.25, 0.3) is 5.69 Å². The molecule has 1 heterocycles. The van der Waals surface area contributed by atoms with Crippen molar-refractivity contribution in [3.8, 4) is 5.69 Å². The van der Waals surface area contributed by atoms with Crippen LogP contribution < -0.4 is 5.73 Å². The number of carbonyl (C=O) groups is 2. The van der Waals surface area contributed by atoms with Gasteiger partial charge in [0.05, 0.1) is 11.7 Å². The average Bonchev–Trinajstić information content (AvgIpc) is 3.24. The van der Waals surface area contributed by atoms with E-state index in [-0.39, 0.29) is 11.6 Å². The number of halogens is 2. The average molecular weight is 527 g/mol. The molecule has 38 heavy (non-hydrogen) atoms. The molecule has 0 fully saturated rings. The van der Waals surface area contributed by atoms with E-state index in [2.05, 4.69) is 0 Å². The molecular weight excluding hydrogens is 490 g/mol. The highest BCUT2D eigenvalue weighted by atomic mass is 19.1. The van der Waals surface area contributed by atoms with Gasteiger partial charge in [0, 0.05) is 37.7 Å². The Labute approximate surface area is 222 Å². The molecular formula is C29H36F2N4O3. The maximum Gasteiger partial charge on any atom is 0.303 e. The largest absolute Gasteiger partial charge is 0.453 e. The van der Waals surface area contributed by atoms with Crippen molar-refractivity contribution in [2.24, 2.45) is 11.1 Å². The topological polar surface area (TPSA) is 90.5 Å². The fraction of sp³-hybridized carbons (Fsp3) is 0.414. The summed E-state index contributed by atoms with van der Waals surface area (Å²) in [7, 11) is 0. The van der Waals surface area contributed by atoms with E-state index < -0.39 is 35.2 Å². The van der Waals surface area contributed by atoms with Gasteiger partial charge in [0.2, 0.25) is 0 Å². The Morgan fingerprint density at radius 2 is 1.82 bits per heavy atom. The Balaban J connectivity index is 2.21. The van der Waals surface area contributed by atoms with Gasteiger partial charge in [-0.1, -0.05) is 51.1 Å². The van der Waals surface area contributed by atoms with Crippen LogP contribution in [-0.2, 0) is 20.7 Å². The Kier molecular flexibility index (Phi) is 9.38. The van der Waals surface area contributed by atoms with Crippen LogP contribution in [0, 0.1) is 17.0 Å². The highest BCUT2D eigenvalue weighted by molar-refractivity contribution is 5.83. The van der Waals surface area contributed by atoms with Gasteiger partial charge < -0.3 is 15.4 Å². The molecule has 0 aliphatic carbocycles. The minimum absolute atomic E-state index is 0.0358. The number of aromatic nitrogens is 2. The second-order valence-corrected chi connectivity index (χ2v) is 10.4. The molecule has 3 aromatic rings. The third-order valence-electron chi connectivity index (χ3n) is 6.18. The number of nitrogens with two attached hydrogens (primary N) is 1. The summed E-state index contributed by atoms with van der Waals surface area (Å²) in [6, 6.07) is 12.3. The molecule has 9 heteroatoms. The van der Waals surface area contributed by atoms with Crippen LogP contribution in [0.1, 0.15) is 63.9 Å². The fourth-order valence-corrected chi connectivity index (χ4v) is 4.58. The second kappa shape index (κ2) is 12.3. The van der Waals surface area contributed by atoms with Crippen molar-refractivity contribution in [1.82, 2.24) is 14.7 Å². The van der Waals surface area contributed by atoms with E-state index in [0.717, 1.165) is 29.3 Å². The minimum atomic E-state index is -1.02. The Hall–Kier alpha value is -3.59. The number of esters is 1. The zero-order valence-electron chi connectivity index (χ0n) is 22.6. The lowest BCUT2D eigenvalue weighted by Gasteiger charge is -2.40. The van der Waals surface area contributed by atoms with E-state index in [4.69, 9.17) is 15.6 Å². The molecule has 3 rings (SSSR count). The number of carbonyl (C=O) groups excluding carboxylic acids is 2. The molecule has 0 aliphatic heterocycles. The normalized spacial score (nSPS) is 13.2. The quantitative estimate of drug-likeness (QED) is 0.377. The van der Waals surface area contributed by atoms with Crippen LogP contribution in [0.5, 0.6) is 0 Å². The highest BCUT2D eigenvalue weighted by Gasteiger charge is 2.40. The molecule has 2 N–H and O–H groups in total. The second-order valence-electron chi connectivity index (χ2n) is 10.4. The summed E-state index contributed by atoms with van der Waals surface area (Å²) in [5, 5.41) is 4.75. The summed E-state index contributed by atoms with van der Waals surface area (Å²) in [6.07, 6.45) is 1.63. The van der Waals surface area contributed by atoms with Crippen LogP contribution in [0.15, 0.2) is 54.7 Å².